The fourth-order valence-electron chi connectivity index (χ4n) is 11.0. The van der Waals surface area contributed by atoms with Gasteiger partial charge in [-0.25, -0.2) is 14.4 Å². The Morgan fingerprint density at radius 3 is 2.30 bits per heavy atom. The number of aromatic amines is 1. The highest BCUT2D eigenvalue weighted by molar-refractivity contribution is 7.17. The first-order chi connectivity index (χ1) is 41.2. The van der Waals surface area contributed by atoms with Crippen LogP contribution in [-0.2, 0) is 35.3 Å². The molecule has 7 N–H and O–H groups in total. The van der Waals surface area contributed by atoms with Gasteiger partial charge >= 0.3 is 18.2 Å². The second kappa shape index (κ2) is 29.2. The predicted octanol–water partition coefficient (Wildman–Crippen LogP) is 7.35. The molecule has 0 radical (unpaired) electrons. The van der Waals surface area contributed by atoms with Gasteiger partial charge in [-0.1, -0.05) is 32.4 Å². The summed E-state index contributed by atoms with van der Waals surface area (Å²) in [6.45, 7) is 10.1. The molecule has 0 bridgehead atoms. The van der Waals surface area contributed by atoms with E-state index in [0.717, 1.165) is 62.4 Å². The first-order valence-electron chi connectivity index (χ1n) is 28.9. The minimum Gasteiger partial charge on any atom is -0.492 e. The molecule has 3 aliphatic rings. The maximum Gasteiger partial charge on any atom is 0.415 e. The van der Waals surface area contributed by atoms with E-state index in [4.69, 9.17) is 31.5 Å². The average Bonchev–Trinajstić information content (AvgIpc) is 2.07. The zero-order valence-electron chi connectivity index (χ0n) is 49.2. The van der Waals surface area contributed by atoms with Crippen molar-refractivity contribution in [2.75, 3.05) is 95.7 Å². The van der Waals surface area contributed by atoms with E-state index < -0.39 is 41.5 Å². The van der Waals surface area contributed by atoms with Crippen LogP contribution in [0.25, 0.3) is 21.0 Å². The number of aryl methyl sites for hydroxylation is 1. The molecule has 0 unspecified atom stereocenters. The summed E-state index contributed by atoms with van der Waals surface area (Å²) in [6, 6.07) is 14.1. The SMILES string of the molecule is Cc1csc2c(OC(=O)N(C)CC(C)(C)CN(C)C(=O)OCc3ccc(NC(=O)[C@H](CCCNC(N)=O)NC(=O)CNC(=O)CCCCCN4C(=O)C=CC4=O)cc3)cc3c(c12)[C@H](CCl)CN3C(=O)c1cc2cc(OCCN3CCCC3)ccc2[nH]1. The van der Waals surface area contributed by atoms with E-state index in [9.17, 15) is 43.2 Å². The molecule has 3 aliphatic heterocycles. The predicted molar refractivity (Wildman–Crippen MR) is 328 cm³/mol. The number of likely N-dealkylation sites (tertiary alicyclic amines) is 1. The number of fused-ring (bicyclic) bond motifs is 4. The van der Waals surface area contributed by atoms with Crippen LogP contribution in [0.4, 0.5) is 25.8 Å². The van der Waals surface area contributed by atoms with Gasteiger partial charge in [0.1, 0.15) is 30.7 Å². The van der Waals surface area contributed by atoms with Gasteiger partial charge < -0.3 is 60.9 Å². The average molecular weight is 1220 g/mol. The van der Waals surface area contributed by atoms with Crippen molar-refractivity contribution in [2.45, 2.75) is 90.7 Å². The molecule has 0 aliphatic carbocycles. The number of anilines is 2. The summed E-state index contributed by atoms with van der Waals surface area (Å²) in [5.41, 5.74) is 9.30. The van der Waals surface area contributed by atoms with Crippen LogP contribution >= 0.6 is 22.9 Å². The topological polar surface area (TPSA) is 287 Å². The molecule has 5 heterocycles. The second-order valence-corrected chi connectivity index (χ2v) is 24.0. The molecule has 8 rings (SSSR count). The number of unbranched alkanes of at least 4 members (excludes halogenated alkanes) is 2. The van der Waals surface area contributed by atoms with Crippen LogP contribution < -0.4 is 41.4 Å². The van der Waals surface area contributed by atoms with Gasteiger partial charge in [0.25, 0.3) is 17.7 Å². The smallest absolute Gasteiger partial charge is 0.415 e. The molecule has 86 heavy (non-hydrogen) atoms. The Bertz CT molecular complexity index is 3340. The quantitative estimate of drug-likeness (QED) is 0.0162. The molecule has 0 saturated carbocycles. The lowest BCUT2D eigenvalue weighted by molar-refractivity contribution is -0.137. The molecular weight excluding hydrogens is 1150 g/mol. The van der Waals surface area contributed by atoms with Crippen molar-refractivity contribution in [3.63, 3.8) is 0 Å². The van der Waals surface area contributed by atoms with E-state index in [2.05, 4.69) is 31.2 Å². The van der Waals surface area contributed by atoms with Crippen LogP contribution in [0.1, 0.15) is 98.3 Å². The zero-order valence-corrected chi connectivity index (χ0v) is 50.8. The number of nitrogens with two attached hydrogens (primary N) is 1. The number of aromatic nitrogens is 1. The lowest BCUT2D eigenvalue weighted by Gasteiger charge is -2.33. The molecule has 1 saturated heterocycles. The van der Waals surface area contributed by atoms with E-state index in [1.54, 1.807) is 49.3 Å². The number of H-pyrrole nitrogens is 1. The zero-order chi connectivity index (χ0) is 61.7. The molecule has 25 heteroatoms. The van der Waals surface area contributed by atoms with Crippen LogP contribution in [-0.4, -0.2) is 170 Å². The van der Waals surface area contributed by atoms with Crippen molar-refractivity contribution in [1.29, 1.82) is 0 Å². The summed E-state index contributed by atoms with van der Waals surface area (Å²) in [5, 5.41) is 14.2. The number of urea groups is 1. The normalized spacial score (nSPS) is 15.2. The first kappa shape index (κ1) is 63.8. The van der Waals surface area contributed by atoms with E-state index in [-0.39, 0.29) is 94.0 Å². The summed E-state index contributed by atoms with van der Waals surface area (Å²) >= 11 is 8.08. The molecule has 23 nitrogen and oxygen atoms in total. The van der Waals surface area contributed by atoms with Crippen molar-refractivity contribution >= 4 is 109 Å². The number of nitrogens with zero attached hydrogens (tertiary/aromatic N) is 5. The van der Waals surface area contributed by atoms with Crippen molar-refractivity contribution in [2.24, 2.45) is 11.1 Å². The third-order valence-corrected chi connectivity index (χ3v) is 16.7. The van der Waals surface area contributed by atoms with Gasteiger partial charge in [0, 0.05) is 117 Å². The Morgan fingerprint density at radius 1 is 0.872 bits per heavy atom. The third kappa shape index (κ3) is 16.8. The fraction of sp³-hybridized carbons (Fsp3) is 0.459. The number of primary amides is 1. The Labute approximate surface area is 508 Å². The Hall–Kier alpha value is -8.22. The number of hydrogen-bond donors (Lipinski definition) is 6. The van der Waals surface area contributed by atoms with Gasteiger partial charge in [0.05, 0.1) is 16.9 Å². The molecule has 2 atom stereocenters. The first-order valence-corrected chi connectivity index (χ1v) is 30.3. The summed E-state index contributed by atoms with van der Waals surface area (Å²) < 4.78 is 18.7. The van der Waals surface area contributed by atoms with Gasteiger partial charge in [-0.15, -0.1) is 22.9 Å². The summed E-state index contributed by atoms with van der Waals surface area (Å²) in [6.07, 6.45) is 5.75. The number of ether oxygens (including phenoxy) is 3. The summed E-state index contributed by atoms with van der Waals surface area (Å²) in [5.74, 6) is -1.35. The molecular formula is C61H76ClN11O12S. The Morgan fingerprint density at radius 2 is 1.59 bits per heavy atom. The molecule has 1 fully saturated rings. The van der Waals surface area contributed by atoms with Gasteiger partial charge in [0.15, 0.2) is 5.75 Å². The number of carbonyl (C=O) groups is 9. The number of benzene rings is 3. The largest absolute Gasteiger partial charge is 0.492 e. The number of amides is 10. The minimum absolute atomic E-state index is 0.0943. The number of rotatable bonds is 28. The summed E-state index contributed by atoms with van der Waals surface area (Å²) in [7, 11) is 3.22. The highest BCUT2D eigenvalue weighted by Gasteiger charge is 2.38. The van der Waals surface area contributed by atoms with Gasteiger partial charge in [-0.05, 0) is 117 Å². The van der Waals surface area contributed by atoms with Crippen molar-refractivity contribution in [3.05, 3.63) is 94.5 Å². The van der Waals surface area contributed by atoms with Crippen molar-refractivity contribution in [3.8, 4) is 11.5 Å². The van der Waals surface area contributed by atoms with E-state index >= 15 is 0 Å². The van der Waals surface area contributed by atoms with Gasteiger partial charge in [0.2, 0.25) is 17.7 Å². The third-order valence-electron chi connectivity index (χ3n) is 15.2. The van der Waals surface area contributed by atoms with Gasteiger partial charge in [-0.2, -0.15) is 0 Å². The highest BCUT2D eigenvalue weighted by Crippen LogP contribution is 2.49. The number of imide groups is 1. The van der Waals surface area contributed by atoms with E-state index in [0.29, 0.717) is 60.8 Å². The Kier molecular flexibility index (Phi) is 21.7. The highest BCUT2D eigenvalue weighted by atomic mass is 35.5. The molecule has 460 valence electrons. The molecule has 5 aromatic rings. The fourth-order valence-corrected chi connectivity index (χ4v) is 12.3. The number of nitrogens with one attached hydrogen (secondary N) is 5. The molecule has 0 spiro atoms. The van der Waals surface area contributed by atoms with Crippen LogP contribution in [0.5, 0.6) is 11.5 Å². The monoisotopic (exact) mass is 1220 g/mol. The standard InChI is InChI=1S/C61H76ClN11O12S/c1-38-35-86-55-48(30-47-54(53(38)55)41(31-62)33-73(47)57(79)46-29-40-28-43(18-19-44(40)67-46)83-27-26-71-23-9-10-24-71)85-60(82)70(5)37-61(2,3)36-69(4)59(81)84-34-39-14-16-42(17-15-39)66-56(78)45(12-11-22-64-58(63)80)68-50(75)32-65-49(74)13-7-6-8-25-72-51(76)20-21-52(72)77/h14-21,28-30,35,41,45,67H,6-13,22-27,31-34,36-37H2,1-5H3,(H,65,74)(H,66,78)(H,68,75)(H3,63,64,80)/t41-,45+/m1/s1. The van der Waals surface area contributed by atoms with Crippen LogP contribution in [0, 0.1) is 12.3 Å². The lowest BCUT2D eigenvalue weighted by Crippen LogP contribution is -2.47. The molecule has 10 amide bonds. The number of hydrogen-bond acceptors (Lipinski definition) is 14. The Balaban J connectivity index is 0.803. The van der Waals surface area contributed by atoms with Crippen molar-refractivity contribution < 1.29 is 57.4 Å². The minimum atomic E-state index is -1.05. The lowest BCUT2D eigenvalue weighted by atomic mass is 9.92. The number of alkyl halides is 1. The van der Waals surface area contributed by atoms with Crippen LogP contribution in [0.15, 0.2) is 72.1 Å². The van der Waals surface area contributed by atoms with Crippen LogP contribution in [0.3, 0.4) is 0 Å². The van der Waals surface area contributed by atoms with E-state index in [1.165, 1.54) is 46.1 Å². The molecule has 2 aromatic heterocycles. The second-order valence-electron chi connectivity index (χ2n) is 22.8. The maximum absolute atomic E-state index is 14.5. The number of halogens is 1. The van der Waals surface area contributed by atoms with E-state index in [1.807, 2.05) is 50.4 Å². The summed E-state index contributed by atoms with van der Waals surface area (Å²) in [4.78, 5) is 127. The maximum atomic E-state index is 14.5. The van der Waals surface area contributed by atoms with Crippen molar-refractivity contribution in [1.82, 2.24) is 40.5 Å². The van der Waals surface area contributed by atoms with Gasteiger partial charge in [-0.3, -0.25) is 38.6 Å². The number of thiophene rings is 1. The van der Waals surface area contributed by atoms with Crippen LogP contribution in [0.2, 0.25) is 0 Å². The number of carbonyl (C=O) groups excluding carboxylic acids is 9. The molecule has 3 aromatic carbocycles.